The Bertz CT molecular complexity index is 1300. The molecule has 0 aliphatic carbocycles. The summed E-state index contributed by atoms with van der Waals surface area (Å²) in [4.78, 5) is 21.0. The van der Waals surface area contributed by atoms with Gasteiger partial charge in [0.2, 0.25) is 0 Å². The topological polar surface area (TPSA) is 110 Å². The molecule has 3 heterocycles. The average Bonchev–Trinajstić information content (AvgIpc) is 3.26. The van der Waals surface area contributed by atoms with Crippen molar-refractivity contribution in [3.63, 3.8) is 0 Å². The maximum absolute atomic E-state index is 12.8. The highest BCUT2D eigenvalue weighted by molar-refractivity contribution is 5.95. The van der Waals surface area contributed by atoms with Crippen LogP contribution in [0.3, 0.4) is 0 Å². The van der Waals surface area contributed by atoms with Crippen LogP contribution < -0.4 is 16.0 Å². The highest BCUT2D eigenvalue weighted by atomic mass is 16.1. The van der Waals surface area contributed by atoms with E-state index in [0.29, 0.717) is 30.2 Å². The van der Waals surface area contributed by atoms with Gasteiger partial charge in [-0.15, -0.1) is 10.2 Å². The summed E-state index contributed by atoms with van der Waals surface area (Å²) >= 11 is 0. The lowest BCUT2D eigenvalue weighted by atomic mass is 9.95. The van der Waals surface area contributed by atoms with Crippen molar-refractivity contribution >= 4 is 11.6 Å². The normalized spacial score (nSPS) is 12.7. The van der Waals surface area contributed by atoms with E-state index in [0.717, 1.165) is 31.0 Å². The zero-order chi connectivity index (χ0) is 23.3. The lowest BCUT2D eigenvalue weighted by Gasteiger charge is -2.20. The van der Waals surface area contributed by atoms with E-state index in [-0.39, 0.29) is 5.91 Å². The first kappa shape index (κ1) is 21.7. The largest absolute Gasteiger partial charge is 0.378 e. The van der Waals surface area contributed by atoms with E-state index in [1.54, 1.807) is 12.3 Å². The van der Waals surface area contributed by atoms with Gasteiger partial charge in [0.05, 0.1) is 6.54 Å². The van der Waals surface area contributed by atoms with E-state index >= 15 is 0 Å². The lowest BCUT2D eigenvalue weighted by Crippen LogP contribution is -2.27. The molecule has 0 fully saturated rings. The zero-order valence-electron chi connectivity index (χ0n) is 19.0. The summed E-state index contributed by atoms with van der Waals surface area (Å²) < 4.78 is 1.89. The number of nitrogens with one attached hydrogen (secondary N) is 3. The van der Waals surface area contributed by atoms with E-state index < -0.39 is 0 Å². The summed E-state index contributed by atoms with van der Waals surface area (Å²) in [5, 5.41) is 18.3. The molecule has 0 unspecified atom stereocenters. The Morgan fingerprint density at radius 2 is 2.03 bits per heavy atom. The molecule has 4 aromatic rings. The van der Waals surface area contributed by atoms with Crippen molar-refractivity contribution < 1.29 is 4.79 Å². The molecular formula is C25H26N8O. The Balaban J connectivity index is 1.22. The van der Waals surface area contributed by atoms with Crippen molar-refractivity contribution in [1.82, 2.24) is 35.4 Å². The van der Waals surface area contributed by atoms with Gasteiger partial charge in [-0.3, -0.25) is 4.79 Å². The van der Waals surface area contributed by atoms with Crippen LogP contribution in [0, 0.1) is 0 Å². The molecule has 5 rings (SSSR count). The molecule has 3 N–H and O–H groups in total. The van der Waals surface area contributed by atoms with Crippen molar-refractivity contribution in [3.05, 3.63) is 89.1 Å². The number of amides is 1. The summed E-state index contributed by atoms with van der Waals surface area (Å²) in [6.07, 6.45) is 4.15. The van der Waals surface area contributed by atoms with Crippen LogP contribution in [0.1, 0.15) is 32.9 Å². The molecule has 2 aromatic carbocycles. The van der Waals surface area contributed by atoms with Crippen molar-refractivity contribution in [3.8, 4) is 11.5 Å². The van der Waals surface area contributed by atoms with Crippen molar-refractivity contribution in [2.24, 2.45) is 7.05 Å². The van der Waals surface area contributed by atoms with Crippen molar-refractivity contribution in [2.75, 3.05) is 11.9 Å². The van der Waals surface area contributed by atoms with Gasteiger partial charge in [0, 0.05) is 37.6 Å². The van der Waals surface area contributed by atoms with Gasteiger partial charge in [-0.2, -0.15) is 0 Å². The average molecular weight is 455 g/mol. The fraction of sp³-hybridized carbons (Fsp3) is 0.240. The molecule has 9 heteroatoms. The maximum atomic E-state index is 12.8. The first-order chi connectivity index (χ1) is 16.7. The number of hydrogen-bond donors (Lipinski definition) is 3. The maximum Gasteiger partial charge on any atom is 0.251 e. The molecule has 1 aliphatic heterocycles. The van der Waals surface area contributed by atoms with Crippen LogP contribution in [0.5, 0.6) is 0 Å². The smallest absolute Gasteiger partial charge is 0.251 e. The van der Waals surface area contributed by atoms with Gasteiger partial charge < -0.3 is 20.5 Å². The van der Waals surface area contributed by atoms with Crippen LogP contribution in [0.25, 0.3) is 11.5 Å². The van der Waals surface area contributed by atoms with Crippen LogP contribution >= 0.6 is 0 Å². The second kappa shape index (κ2) is 9.80. The van der Waals surface area contributed by atoms with E-state index in [1.807, 2.05) is 35.9 Å². The minimum absolute atomic E-state index is 0.0973. The molecule has 2 aromatic heterocycles. The quantitative estimate of drug-likeness (QED) is 0.393. The Labute approximate surface area is 197 Å². The molecule has 172 valence electrons. The number of fused-ring (bicyclic) bond motifs is 1. The van der Waals surface area contributed by atoms with Crippen LogP contribution in [-0.4, -0.2) is 37.2 Å². The van der Waals surface area contributed by atoms with Gasteiger partial charge in [-0.25, -0.2) is 9.97 Å². The SMILES string of the molecule is Cn1c(CNc2cccc(C(=O)NCc3cccc4c3CCNC4)c2)nnc1-c1ccncn1. The summed E-state index contributed by atoms with van der Waals surface area (Å²) in [7, 11) is 1.90. The molecule has 34 heavy (non-hydrogen) atoms. The summed E-state index contributed by atoms with van der Waals surface area (Å²) in [6.45, 7) is 2.84. The Morgan fingerprint density at radius 1 is 1.12 bits per heavy atom. The third kappa shape index (κ3) is 4.65. The Morgan fingerprint density at radius 3 is 2.91 bits per heavy atom. The lowest BCUT2D eigenvalue weighted by molar-refractivity contribution is 0.0951. The van der Waals surface area contributed by atoms with Gasteiger partial charge in [-0.05, 0) is 53.9 Å². The van der Waals surface area contributed by atoms with Crippen LogP contribution in [0.15, 0.2) is 61.1 Å². The standard InChI is InChI=1S/C25H26N8O/c1-33-23(31-32-24(33)22-9-11-27-16-30-22)15-28-20-7-3-4-17(12-20)25(34)29-14-19-6-2-5-18-13-26-10-8-21(18)19/h2-7,9,11-12,16,26,28H,8,10,13-15H2,1H3,(H,29,34). The molecule has 0 spiro atoms. The second-order valence-corrected chi connectivity index (χ2v) is 8.19. The number of carbonyl (C=O) groups is 1. The first-order valence-electron chi connectivity index (χ1n) is 11.3. The number of nitrogens with zero attached hydrogens (tertiary/aromatic N) is 5. The molecule has 0 atom stereocenters. The molecule has 0 saturated heterocycles. The molecule has 1 aliphatic rings. The zero-order valence-corrected chi connectivity index (χ0v) is 19.0. The van der Waals surface area contributed by atoms with Crippen LogP contribution in [0.2, 0.25) is 0 Å². The van der Waals surface area contributed by atoms with Crippen molar-refractivity contribution in [1.29, 1.82) is 0 Å². The predicted molar refractivity (Wildman–Crippen MR) is 129 cm³/mol. The minimum Gasteiger partial charge on any atom is -0.378 e. The molecule has 0 saturated carbocycles. The highest BCUT2D eigenvalue weighted by Crippen LogP contribution is 2.19. The summed E-state index contributed by atoms with van der Waals surface area (Å²) in [5.74, 6) is 1.33. The van der Waals surface area contributed by atoms with E-state index in [9.17, 15) is 4.79 Å². The number of rotatable bonds is 7. The summed E-state index contributed by atoms with van der Waals surface area (Å²) in [5.41, 5.74) is 6.01. The van der Waals surface area contributed by atoms with E-state index in [2.05, 4.69) is 54.3 Å². The van der Waals surface area contributed by atoms with E-state index in [4.69, 9.17) is 0 Å². The number of hydrogen-bond acceptors (Lipinski definition) is 7. The first-order valence-corrected chi connectivity index (χ1v) is 11.3. The fourth-order valence-electron chi connectivity index (χ4n) is 4.17. The van der Waals surface area contributed by atoms with Gasteiger partial charge in [-0.1, -0.05) is 24.3 Å². The number of benzene rings is 2. The third-order valence-electron chi connectivity index (χ3n) is 6.03. The molecule has 9 nitrogen and oxygen atoms in total. The van der Waals surface area contributed by atoms with Crippen LogP contribution in [0.4, 0.5) is 5.69 Å². The molecule has 0 bridgehead atoms. The van der Waals surface area contributed by atoms with Gasteiger partial charge >= 0.3 is 0 Å². The third-order valence-corrected chi connectivity index (χ3v) is 6.03. The number of aromatic nitrogens is 5. The monoisotopic (exact) mass is 454 g/mol. The fourth-order valence-corrected chi connectivity index (χ4v) is 4.17. The second-order valence-electron chi connectivity index (χ2n) is 8.19. The molecule has 0 radical (unpaired) electrons. The van der Waals surface area contributed by atoms with Crippen molar-refractivity contribution in [2.45, 2.75) is 26.1 Å². The Kier molecular flexibility index (Phi) is 6.26. The van der Waals surface area contributed by atoms with Gasteiger partial charge in [0.25, 0.3) is 5.91 Å². The Hall–Kier alpha value is -4.11. The number of carbonyl (C=O) groups excluding carboxylic acids is 1. The van der Waals surface area contributed by atoms with E-state index in [1.165, 1.54) is 23.0 Å². The number of anilines is 1. The van der Waals surface area contributed by atoms with Gasteiger partial charge in [0.1, 0.15) is 12.0 Å². The molecular weight excluding hydrogens is 428 g/mol. The highest BCUT2D eigenvalue weighted by Gasteiger charge is 2.14. The minimum atomic E-state index is -0.0973. The van der Waals surface area contributed by atoms with Gasteiger partial charge in [0.15, 0.2) is 11.6 Å². The molecule has 1 amide bonds. The predicted octanol–water partition coefficient (Wildman–Crippen LogP) is 2.46. The van der Waals surface area contributed by atoms with Crippen LogP contribution in [-0.2, 0) is 33.1 Å². The summed E-state index contributed by atoms with van der Waals surface area (Å²) in [6, 6.07) is 15.6.